The number of fused-ring (bicyclic) bond motifs is 1. The first-order valence-electron chi connectivity index (χ1n) is 3.57. The van der Waals surface area contributed by atoms with Crippen LogP contribution in [0.2, 0.25) is 0 Å². The Bertz CT molecular complexity index is 190. The molecule has 3 unspecified atom stereocenters. The number of nitrogens with one attached hydrogen (secondary N) is 1. The van der Waals surface area contributed by atoms with Crippen molar-refractivity contribution in [2.45, 2.75) is 18.9 Å². The predicted molar refractivity (Wildman–Crippen MR) is 34.2 cm³/mol. The number of hydrogen-bond donors (Lipinski definition) is 1. The standard InChI is InChI=1S/C7H9NO2/c9-3-5-1-4-2-6(4)7(10)8-5/h3-6H,1-2H2,(H,8,10). The van der Waals surface area contributed by atoms with Crippen LogP contribution in [0.25, 0.3) is 0 Å². The molecule has 0 aromatic heterocycles. The van der Waals surface area contributed by atoms with E-state index >= 15 is 0 Å². The van der Waals surface area contributed by atoms with Crippen molar-refractivity contribution in [3.05, 3.63) is 0 Å². The topological polar surface area (TPSA) is 46.2 Å². The van der Waals surface area contributed by atoms with Crippen molar-refractivity contribution in [3.63, 3.8) is 0 Å². The van der Waals surface area contributed by atoms with Crippen molar-refractivity contribution in [1.82, 2.24) is 5.32 Å². The number of hydrogen-bond acceptors (Lipinski definition) is 2. The summed E-state index contributed by atoms with van der Waals surface area (Å²) in [4.78, 5) is 21.2. The quantitative estimate of drug-likeness (QED) is 0.507. The molecular formula is C7H9NO2. The highest BCUT2D eigenvalue weighted by molar-refractivity contribution is 5.85. The first kappa shape index (κ1) is 5.89. The molecule has 2 aliphatic rings. The van der Waals surface area contributed by atoms with Gasteiger partial charge in [-0.05, 0) is 18.8 Å². The molecular weight excluding hydrogens is 130 g/mol. The fraction of sp³-hybridized carbons (Fsp3) is 0.714. The lowest BCUT2D eigenvalue weighted by Crippen LogP contribution is -2.41. The zero-order chi connectivity index (χ0) is 7.14. The summed E-state index contributed by atoms with van der Waals surface area (Å²) in [5.41, 5.74) is 0. The van der Waals surface area contributed by atoms with Crippen LogP contribution >= 0.6 is 0 Å². The number of aldehydes is 1. The molecule has 1 saturated heterocycles. The molecule has 2 rings (SSSR count). The summed E-state index contributed by atoms with van der Waals surface area (Å²) < 4.78 is 0. The molecule has 0 radical (unpaired) electrons. The highest BCUT2D eigenvalue weighted by Crippen LogP contribution is 2.44. The van der Waals surface area contributed by atoms with Gasteiger partial charge in [-0.2, -0.15) is 0 Å². The minimum Gasteiger partial charge on any atom is -0.346 e. The minimum atomic E-state index is -0.198. The monoisotopic (exact) mass is 139 g/mol. The van der Waals surface area contributed by atoms with Crippen LogP contribution < -0.4 is 5.32 Å². The van der Waals surface area contributed by atoms with Crippen LogP contribution in [0.3, 0.4) is 0 Å². The van der Waals surface area contributed by atoms with Crippen molar-refractivity contribution in [2.24, 2.45) is 11.8 Å². The van der Waals surface area contributed by atoms with Crippen molar-refractivity contribution < 1.29 is 9.59 Å². The third kappa shape index (κ3) is 0.735. The first-order valence-corrected chi connectivity index (χ1v) is 3.57. The van der Waals surface area contributed by atoms with E-state index in [4.69, 9.17) is 0 Å². The zero-order valence-electron chi connectivity index (χ0n) is 5.54. The van der Waals surface area contributed by atoms with E-state index in [1.165, 1.54) is 0 Å². The lowest BCUT2D eigenvalue weighted by molar-refractivity contribution is -0.127. The molecule has 0 aromatic carbocycles. The molecule has 0 aromatic rings. The first-order chi connectivity index (χ1) is 4.81. The maximum Gasteiger partial charge on any atom is 0.223 e. The van der Waals surface area contributed by atoms with Crippen molar-refractivity contribution in [3.8, 4) is 0 Å². The van der Waals surface area contributed by atoms with Gasteiger partial charge in [-0.15, -0.1) is 0 Å². The average molecular weight is 139 g/mol. The summed E-state index contributed by atoms with van der Waals surface area (Å²) in [6.45, 7) is 0. The number of piperidine rings is 1. The molecule has 54 valence electrons. The van der Waals surface area contributed by atoms with Gasteiger partial charge in [0, 0.05) is 5.92 Å². The van der Waals surface area contributed by atoms with Crippen LogP contribution in [0.1, 0.15) is 12.8 Å². The maximum absolute atomic E-state index is 10.9. The summed E-state index contributed by atoms with van der Waals surface area (Å²) in [7, 11) is 0. The summed E-state index contributed by atoms with van der Waals surface area (Å²) in [5.74, 6) is 0.841. The molecule has 1 saturated carbocycles. The van der Waals surface area contributed by atoms with Crippen LogP contribution in [0, 0.1) is 11.8 Å². The largest absolute Gasteiger partial charge is 0.346 e. The Hall–Kier alpha value is -0.860. The fourth-order valence-electron chi connectivity index (χ4n) is 1.59. The molecule has 3 atom stereocenters. The SMILES string of the molecule is O=CC1CC2CC2C(=O)N1. The van der Waals surface area contributed by atoms with Crippen molar-refractivity contribution in [2.75, 3.05) is 0 Å². The Kier molecular flexibility index (Phi) is 1.07. The normalized spacial score (nSPS) is 43.6. The third-order valence-corrected chi connectivity index (χ3v) is 2.31. The van der Waals surface area contributed by atoms with E-state index in [1.54, 1.807) is 0 Å². The highest BCUT2D eigenvalue weighted by Gasteiger charge is 2.47. The van der Waals surface area contributed by atoms with E-state index in [1.807, 2.05) is 0 Å². The lowest BCUT2D eigenvalue weighted by atomic mass is 10.1. The van der Waals surface area contributed by atoms with Crippen LogP contribution in [0.4, 0.5) is 0 Å². The summed E-state index contributed by atoms with van der Waals surface area (Å²) in [5, 5.41) is 2.65. The Morgan fingerprint density at radius 1 is 1.50 bits per heavy atom. The summed E-state index contributed by atoms with van der Waals surface area (Å²) >= 11 is 0. The molecule has 1 aliphatic carbocycles. The van der Waals surface area contributed by atoms with Gasteiger partial charge in [-0.3, -0.25) is 4.79 Å². The number of carbonyl (C=O) groups is 2. The minimum absolute atomic E-state index is 0.0772. The molecule has 0 spiro atoms. The molecule has 10 heavy (non-hydrogen) atoms. The summed E-state index contributed by atoms with van der Waals surface area (Å²) in [6, 6.07) is -0.198. The molecule has 2 fully saturated rings. The Morgan fingerprint density at radius 2 is 2.30 bits per heavy atom. The van der Waals surface area contributed by atoms with E-state index in [2.05, 4.69) is 5.32 Å². The van der Waals surface area contributed by atoms with Gasteiger partial charge in [0.05, 0.1) is 6.04 Å². The van der Waals surface area contributed by atoms with Gasteiger partial charge in [-0.25, -0.2) is 0 Å². The molecule has 0 bridgehead atoms. The van der Waals surface area contributed by atoms with Gasteiger partial charge < -0.3 is 10.1 Å². The fourth-order valence-corrected chi connectivity index (χ4v) is 1.59. The van der Waals surface area contributed by atoms with E-state index in [9.17, 15) is 9.59 Å². The molecule has 1 N–H and O–H groups in total. The lowest BCUT2D eigenvalue weighted by Gasteiger charge is -2.16. The zero-order valence-corrected chi connectivity index (χ0v) is 5.54. The van der Waals surface area contributed by atoms with E-state index in [0.717, 1.165) is 19.1 Å². The molecule has 1 heterocycles. The molecule has 3 nitrogen and oxygen atoms in total. The second-order valence-electron chi connectivity index (χ2n) is 3.09. The van der Waals surface area contributed by atoms with Crippen molar-refractivity contribution in [1.29, 1.82) is 0 Å². The number of amides is 1. The average Bonchev–Trinajstić information content (AvgIpc) is 2.66. The Balaban J connectivity index is 2.05. The van der Waals surface area contributed by atoms with Gasteiger partial charge in [0.15, 0.2) is 0 Å². The second-order valence-corrected chi connectivity index (χ2v) is 3.09. The maximum atomic E-state index is 10.9. The highest BCUT2D eigenvalue weighted by atomic mass is 16.2. The smallest absolute Gasteiger partial charge is 0.223 e. The van der Waals surface area contributed by atoms with Gasteiger partial charge >= 0.3 is 0 Å². The third-order valence-electron chi connectivity index (χ3n) is 2.31. The van der Waals surface area contributed by atoms with Gasteiger partial charge in [-0.1, -0.05) is 0 Å². The van der Waals surface area contributed by atoms with Crippen molar-refractivity contribution >= 4 is 12.2 Å². The molecule has 1 aliphatic heterocycles. The van der Waals surface area contributed by atoms with Gasteiger partial charge in [0.25, 0.3) is 0 Å². The second kappa shape index (κ2) is 1.81. The molecule has 3 heteroatoms. The van der Waals surface area contributed by atoms with E-state index in [-0.39, 0.29) is 17.9 Å². The number of carbonyl (C=O) groups excluding carboxylic acids is 2. The van der Waals surface area contributed by atoms with Gasteiger partial charge in [0.2, 0.25) is 5.91 Å². The van der Waals surface area contributed by atoms with Gasteiger partial charge in [0.1, 0.15) is 6.29 Å². The molecule has 1 amide bonds. The number of rotatable bonds is 1. The van der Waals surface area contributed by atoms with Crippen LogP contribution in [-0.2, 0) is 9.59 Å². The van der Waals surface area contributed by atoms with E-state index in [0.29, 0.717) is 5.92 Å². The van der Waals surface area contributed by atoms with Crippen LogP contribution in [-0.4, -0.2) is 18.2 Å². The summed E-state index contributed by atoms with van der Waals surface area (Å²) in [6.07, 6.45) is 2.68. The Labute approximate surface area is 58.8 Å². The van der Waals surface area contributed by atoms with Crippen LogP contribution in [0.15, 0.2) is 0 Å². The van der Waals surface area contributed by atoms with E-state index < -0.39 is 0 Å². The predicted octanol–water partition coefficient (Wildman–Crippen LogP) is -0.290. The van der Waals surface area contributed by atoms with Crippen LogP contribution in [0.5, 0.6) is 0 Å². The Morgan fingerprint density at radius 3 is 2.90 bits per heavy atom.